The minimum atomic E-state index is -2.40. The Morgan fingerprint density at radius 1 is 1.19 bits per heavy atom. The van der Waals surface area contributed by atoms with Gasteiger partial charge in [0.1, 0.15) is 0 Å². The van der Waals surface area contributed by atoms with Gasteiger partial charge in [0.15, 0.2) is 0 Å². The molecule has 5 heteroatoms. The van der Waals surface area contributed by atoms with E-state index >= 15 is 0 Å². The summed E-state index contributed by atoms with van der Waals surface area (Å²) >= 11 is 0. The van der Waals surface area contributed by atoms with E-state index in [0.717, 1.165) is 26.1 Å². The lowest BCUT2D eigenvalue weighted by Crippen LogP contribution is -2.57. The molecule has 0 bridgehead atoms. The second kappa shape index (κ2) is 4.94. The number of alkyl halides is 2. The van der Waals surface area contributed by atoms with Crippen molar-refractivity contribution in [3.63, 3.8) is 0 Å². The van der Waals surface area contributed by atoms with Crippen LogP contribution in [0.2, 0.25) is 0 Å². The molecule has 2 aliphatic rings. The first kappa shape index (κ1) is 12.2. The van der Waals surface area contributed by atoms with Gasteiger partial charge in [0.2, 0.25) is 0 Å². The van der Waals surface area contributed by atoms with E-state index in [0.29, 0.717) is 32.0 Å². The molecule has 2 heterocycles. The van der Waals surface area contributed by atoms with E-state index in [1.807, 2.05) is 0 Å². The van der Waals surface area contributed by atoms with Gasteiger partial charge in [0.25, 0.3) is 6.43 Å². The lowest BCUT2D eigenvalue weighted by atomic mass is 9.88. The monoisotopic (exact) mass is 234 g/mol. The Balaban J connectivity index is 1.84. The third-order valence-electron chi connectivity index (χ3n) is 3.87. The summed E-state index contributed by atoms with van der Waals surface area (Å²) in [5, 5.41) is 0. The zero-order chi connectivity index (χ0) is 11.6. The van der Waals surface area contributed by atoms with Gasteiger partial charge in [-0.05, 0) is 25.7 Å². The van der Waals surface area contributed by atoms with Crippen LogP contribution in [0.4, 0.5) is 8.78 Å². The van der Waals surface area contributed by atoms with Crippen molar-refractivity contribution < 1.29 is 13.5 Å². The molecule has 2 saturated heterocycles. The highest BCUT2D eigenvalue weighted by molar-refractivity contribution is 4.94. The standard InChI is InChI=1S/C11H20F2N2O/c12-10(13)11(14)3-5-15(6-4-11)9-1-7-16-8-2-9/h9-10H,1-8,14H2. The van der Waals surface area contributed by atoms with Crippen molar-refractivity contribution in [3.8, 4) is 0 Å². The molecule has 16 heavy (non-hydrogen) atoms. The van der Waals surface area contributed by atoms with Gasteiger partial charge in [-0.3, -0.25) is 0 Å². The van der Waals surface area contributed by atoms with Gasteiger partial charge in [-0.15, -0.1) is 0 Å². The maximum atomic E-state index is 12.7. The van der Waals surface area contributed by atoms with E-state index in [2.05, 4.69) is 4.90 Å². The average molecular weight is 234 g/mol. The first-order valence-corrected chi connectivity index (χ1v) is 6.01. The van der Waals surface area contributed by atoms with E-state index in [9.17, 15) is 8.78 Å². The maximum absolute atomic E-state index is 12.7. The van der Waals surface area contributed by atoms with Crippen molar-refractivity contribution in [2.45, 2.75) is 43.7 Å². The predicted octanol–water partition coefficient (Wildman–Crippen LogP) is 1.22. The van der Waals surface area contributed by atoms with Crippen molar-refractivity contribution >= 4 is 0 Å². The van der Waals surface area contributed by atoms with Crippen molar-refractivity contribution in [3.05, 3.63) is 0 Å². The quantitative estimate of drug-likeness (QED) is 0.781. The largest absolute Gasteiger partial charge is 0.381 e. The molecule has 3 nitrogen and oxygen atoms in total. The summed E-state index contributed by atoms with van der Waals surface area (Å²) in [6, 6.07) is 0.510. The van der Waals surface area contributed by atoms with Crippen LogP contribution in [0.1, 0.15) is 25.7 Å². The van der Waals surface area contributed by atoms with Gasteiger partial charge in [0.05, 0.1) is 5.54 Å². The zero-order valence-corrected chi connectivity index (χ0v) is 9.50. The molecule has 0 aromatic carbocycles. The molecule has 2 N–H and O–H groups in total. The van der Waals surface area contributed by atoms with Crippen LogP contribution in [-0.2, 0) is 4.74 Å². The Kier molecular flexibility index (Phi) is 3.77. The molecule has 0 atom stereocenters. The predicted molar refractivity (Wildman–Crippen MR) is 57.6 cm³/mol. The molecule has 0 unspecified atom stereocenters. The van der Waals surface area contributed by atoms with E-state index in [1.165, 1.54) is 0 Å². The molecule has 0 aromatic heterocycles. The fourth-order valence-corrected chi connectivity index (χ4v) is 2.57. The number of nitrogens with zero attached hydrogens (tertiary/aromatic N) is 1. The van der Waals surface area contributed by atoms with Crippen molar-refractivity contribution in [1.29, 1.82) is 0 Å². The summed E-state index contributed by atoms with van der Waals surface area (Å²) in [4.78, 5) is 2.30. The Morgan fingerprint density at radius 2 is 1.75 bits per heavy atom. The number of ether oxygens (including phenoxy) is 1. The third-order valence-corrected chi connectivity index (χ3v) is 3.87. The van der Waals surface area contributed by atoms with Crippen LogP contribution in [0.15, 0.2) is 0 Å². The minimum Gasteiger partial charge on any atom is -0.381 e. The van der Waals surface area contributed by atoms with Gasteiger partial charge in [0, 0.05) is 32.3 Å². The van der Waals surface area contributed by atoms with Gasteiger partial charge >= 0.3 is 0 Å². The highest BCUT2D eigenvalue weighted by Gasteiger charge is 2.40. The molecule has 0 saturated carbocycles. The molecule has 2 aliphatic heterocycles. The second-order valence-electron chi connectivity index (χ2n) is 4.91. The Bertz CT molecular complexity index is 224. The fraction of sp³-hybridized carbons (Fsp3) is 1.00. The van der Waals surface area contributed by atoms with Crippen molar-refractivity contribution in [2.24, 2.45) is 5.73 Å². The zero-order valence-electron chi connectivity index (χ0n) is 9.50. The summed E-state index contributed by atoms with van der Waals surface area (Å²) in [5.74, 6) is 0. The number of nitrogens with two attached hydrogens (primary N) is 1. The first-order valence-electron chi connectivity index (χ1n) is 6.01. The van der Waals surface area contributed by atoms with Crippen LogP contribution in [0.5, 0.6) is 0 Å². The number of piperidine rings is 1. The molecule has 2 rings (SSSR count). The molecule has 0 amide bonds. The van der Waals surface area contributed by atoms with Crippen LogP contribution in [0.25, 0.3) is 0 Å². The number of hydrogen-bond donors (Lipinski definition) is 1. The number of halogens is 2. The van der Waals surface area contributed by atoms with E-state index < -0.39 is 12.0 Å². The summed E-state index contributed by atoms with van der Waals surface area (Å²) in [7, 11) is 0. The second-order valence-corrected chi connectivity index (χ2v) is 4.91. The SMILES string of the molecule is NC1(C(F)F)CCN(C2CCOCC2)CC1. The summed E-state index contributed by atoms with van der Waals surface area (Å²) in [6.07, 6.45) is 0.451. The highest BCUT2D eigenvalue weighted by Crippen LogP contribution is 2.28. The molecular weight excluding hydrogens is 214 g/mol. The third kappa shape index (κ3) is 2.52. The summed E-state index contributed by atoms with van der Waals surface area (Å²) in [5.41, 5.74) is 4.44. The van der Waals surface area contributed by atoms with E-state index in [4.69, 9.17) is 10.5 Å². The fourth-order valence-electron chi connectivity index (χ4n) is 2.57. The molecule has 0 aliphatic carbocycles. The van der Waals surface area contributed by atoms with Crippen LogP contribution >= 0.6 is 0 Å². The van der Waals surface area contributed by atoms with E-state index in [-0.39, 0.29) is 0 Å². The van der Waals surface area contributed by atoms with Crippen LogP contribution in [0, 0.1) is 0 Å². The summed E-state index contributed by atoms with van der Waals surface area (Å²) < 4.78 is 30.7. The van der Waals surface area contributed by atoms with Crippen LogP contribution in [-0.4, -0.2) is 49.2 Å². The lowest BCUT2D eigenvalue weighted by molar-refractivity contribution is -0.0188. The molecular formula is C11H20F2N2O. The van der Waals surface area contributed by atoms with Crippen LogP contribution < -0.4 is 5.73 Å². The number of rotatable bonds is 2. The Morgan fingerprint density at radius 3 is 2.25 bits per heavy atom. The van der Waals surface area contributed by atoms with Crippen molar-refractivity contribution in [1.82, 2.24) is 4.90 Å². The molecule has 2 fully saturated rings. The van der Waals surface area contributed by atoms with E-state index in [1.54, 1.807) is 0 Å². The smallest absolute Gasteiger partial charge is 0.256 e. The normalized spacial score (nSPS) is 28.5. The lowest BCUT2D eigenvalue weighted by Gasteiger charge is -2.43. The van der Waals surface area contributed by atoms with Gasteiger partial charge < -0.3 is 15.4 Å². The topological polar surface area (TPSA) is 38.5 Å². The molecule has 0 spiro atoms. The highest BCUT2D eigenvalue weighted by atomic mass is 19.3. The van der Waals surface area contributed by atoms with Gasteiger partial charge in [-0.2, -0.15) is 0 Å². The number of likely N-dealkylation sites (tertiary alicyclic amines) is 1. The first-order chi connectivity index (χ1) is 7.62. The molecule has 0 aromatic rings. The van der Waals surface area contributed by atoms with Gasteiger partial charge in [-0.1, -0.05) is 0 Å². The maximum Gasteiger partial charge on any atom is 0.256 e. The van der Waals surface area contributed by atoms with Gasteiger partial charge in [-0.25, -0.2) is 8.78 Å². The summed E-state index contributed by atoms with van der Waals surface area (Å²) in [6.45, 7) is 2.99. The average Bonchev–Trinajstić information content (AvgIpc) is 2.31. The molecule has 0 radical (unpaired) electrons. The Hall–Kier alpha value is -0.260. The van der Waals surface area contributed by atoms with Crippen LogP contribution in [0.3, 0.4) is 0 Å². The minimum absolute atomic E-state index is 0.405. The molecule has 94 valence electrons. The number of hydrogen-bond acceptors (Lipinski definition) is 3. The van der Waals surface area contributed by atoms with Crippen molar-refractivity contribution in [2.75, 3.05) is 26.3 Å². The Labute approximate surface area is 94.9 Å².